The average Bonchev–Trinajstić information content (AvgIpc) is 2.46. The van der Waals surface area contributed by atoms with Gasteiger partial charge in [0.1, 0.15) is 11.6 Å². The highest BCUT2D eigenvalue weighted by atomic mass is 19.1. The fourth-order valence-corrected chi connectivity index (χ4v) is 2.23. The summed E-state index contributed by atoms with van der Waals surface area (Å²) < 4.78 is 18.6. The van der Waals surface area contributed by atoms with Crippen LogP contribution in [-0.2, 0) is 6.42 Å². The molecule has 0 spiro atoms. The van der Waals surface area contributed by atoms with Gasteiger partial charge in [-0.25, -0.2) is 4.39 Å². The van der Waals surface area contributed by atoms with Crippen LogP contribution in [0.2, 0.25) is 0 Å². The van der Waals surface area contributed by atoms with Crippen LogP contribution in [0.4, 0.5) is 4.39 Å². The first kappa shape index (κ1) is 13.6. The largest absolute Gasteiger partial charge is 0.496 e. The van der Waals surface area contributed by atoms with E-state index in [-0.39, 0.29) is 11.7 Å². The maximum Gasteiger partial charge on any atom is 0.123 e. The zero-order valence-electron chi connectivity index (χ0n) is 11.0. The zero-order chi connectivity index (χ0) is 13.7. The van der Waals surface area contributed by atoms with Crippen LogP contribution in [0.5, 0.6) is 5.75 Å². The molecule has 0 aliphatic rings. The molecule has 1 unspecified atom stereocenters. The first-order valence-corrected chi connectivity index (χ1v) is 6.32. The van der Waals surface area contributed by atoms with Crippen molar-refractivity contribution >= 4 is 0 Å². The molecule has 0 fully saturated rings. The summed E-state index contributed by atoms with van der Waals surface area (Å²) in [5, 5.41) is 0. The van der Waals surface area contributed by atoms with E-state index in [9.17, 15) is 4.39 Å². The molecule has 0 aliphatic carbocycles. The fraction of sp³-hybridized carbons (Fsp3) is 0.250. The molecule has 2 nitrogen and oxygen atoms in total. The predicted molar refractivity (Wildman–Crippen MR) is 74.9 cm³/mol. The van der Waals surface area contributed by atoms with Crippen molar-refractivity contribution < 1.29 is 9.13 Å². The van der Waals surface area contributed by atoms with E-state index in [1.807, 2.05) is 30.3 Å². The van der Waals surface area contributed by atoms with E-state index in [0.29, 0.717) is 18.7 Å². The van der Waals surface area contributed by atoms with Crippen molar-refractivity contribution in [2.24, 2.45) is 5.73 Å². The number of benzene rings is 2. The van der Waals surface area contributed by atoms with E-state index in [0.717, 1.165) is 11.1 Å². The number of rotatable bonds is 5. The molecule has 100 valence electrons. The number of methoxy groups -OCH3 is 1. The third-order valence-corrected chi connectivity index (χ3v) is 3.26. The number of halogens is 1. The smallest absolute Gasteiger partial charge is 0.123 e. The molecule has 0 aliphatic heterocycles. The lowest BCUT2D eigenvalue weighted by atomic mass is 9.91. The molecule has 0 radical (unpaired) electrons. The summed E-state index contributed by atoms with van der Waals surface area (Å²) in [5.41, 5.74) is 7.86. The summed E-state index contributed by atoms with van der Waals surface area (Å²) in [6.07, 6.45) is 0.668. The van der Waals surface area contributed by atoms with Crippen LogP contribution >= 0.6 is 0 Å². The molecule has 19 heavy (non-hydrogen) atoms. The molecule has 3 heteroatoms. The van der Waals surface area contributed by atoms with Crippen LogP contribution in [0.1, 0.15) is 17.0 Å². The minimum Gasteiger partial charge on any atom is -0.496 e. The molecule has 2 N–H and O–H groups in total. The molecule has 0 amide bonds. The predicted octanol–water partition coefficient (Wildman–Crippen LogP) is 3.12. The highest BCUT2D eigenvalue weighted by Gasteiger charge is 2.14. The van der Waals surface area contributed by atoms with Gasteiger partial charge < -0.3 is 10.5 Å². The van der Waals surface area contributed by atoms with Crippen LogP contribution in [0, 0.1) is 5.82 Å². The Labute approximate surface area is 113 Å². The summed E-state index contributed by atoms with van der Waals surface area (Å²) in [5.74, 6) is 0.618. The lowest BCUT2D eigenvalue weighted by molar-refractivity contribution is 0.406. The van der Waals surface area contributed by atoms with Crippen LogP contribution in [0.3, 0.4) is 0 Å². The van der Waals surface area contributed by atoms with Crippen LogP contribution < -0.4 is 10.5 Å². The van der Waals surface area contributed by atoms with Crippen molar-refractivity contribution in [2.75, 3.05) is 13.7 Å². The zero-order valence-corrected chi connectivity index (χ0v) is 11.0. The summed E-state index contributed by atoms with van der Waals surface area (Å²) in [7, 11) is 1.59. The summed E-state index contributed by atoms with van der Waals surface area (Å²) >= 11 is 0. The molecular formula is C16H18FNO. The highest BCUT2D eigenvalue weighted by Crippen LogP contribution is 2.26. The van der Waals surface area contributed by atoms with E-state index in [2.05, 4.69) is 0 Å². The maximum atomic E-state index is 13.4. The van der Waals surface area contributed by atoms with E-state index in [4.69, 9.17) is 10.5 Å². The van der Waals surface area contributed by atoms with Crippen LogP contribution in [-0.4, -0.2) is 13.7 Å². The minimum absolute atomic E-state index is 0.164. The summed E-state index contributed by atoms with van der Waals surface area (Å²) in [6, 6.07) is 14.6. The fourth-order valence-electron chi connectivity index (χ4n) is 2.23. The molecule has 0 aromatic heterocycles. The standard InChI is InChI=1S/C16H18FNO/c1-19-16-8-7-15(17)10-13(16)9-14(11-18)12-5-3-2-4-6-12/h2-8,10,14H,9,11,18H2,1H3. The van der Waals surface area contributed by atoms with Crippen LogP contribution in [0.15, 0.2) is 48.5 Å². The topological polar surface area (TPSA) is 35.2 Å². The second-order valence-corrected chi connectivity index (χ2v) is 4.50. The average molecular weight is 259 g/mol. The van der Waals surface area contributed by atoms with Gasteiger partial charge in [0, 0.05) is 5.92 Å². The van der Waals surface area contributed by atoms with Crippen molar-refractivity contribution in [3.8, 4) is 5.75 Å². The van der Waals surface area contributed by atoms with Crippen LogP contribution in [0.25, 0.3) is 0 Å². The molecule has 0 bridgehead atoms. The first-order chi connectivity index (χ1) is 9.24. The number of hydrogen-bond donors (Lipinski definition) is 1. The van der Waals surface area contributed by atoms with Gasteiger partial charge in [0.25, 0.3) is 0 Å². The third kappa shape index (κ3) is 3.32. The van der Waals surface area contributed by atoms with Gasteiger partial charge in [-0.3, -0.25) is 0 Å². The third-order valence-electron chi connectivity index (χ3n) is 3.26. The molecule has 2 aromatic carbocycles. The summed E-state index contributed by atoms with van der Waals surface area (Å²) in [6.45, 7) is 0.518. The molecule has 2 aromatic rings. The van der Waals surface area contributed by atoms with Gasteiger partial charge in [0.15, 0.2) is 0 Å². The Morgan fingerprint density at radius 3 is 2.53 bits per heavy atom. The Morgan fingerprint density at radius 2 is 1.89 bits per heavy atom. The monoisotopic (exact) mass is 259 g/mol. The van der Waals surface area contributed by atoms with E-state index >= 15 is 0 Å². The Morgan fingerprint density at radius 1 is 1.16 bits per heavy atom. The van der Waals surface area contributed by atoms with E-state index in [1.54, 1.807) is 13.2 Å². The van der Waals surface area contributed by atoms with Gasteiger partial charge in [-0.15, -0.1) is 0 Å². The van der Waals surface area contributed by atoms with Gasteiger partial charge >= 0.3 is 0 Å². The maximum absolute atomic E-state index is 13.4. The molecular weight excluding hydrogens is 241 g/mol. The van der Waals surface area contributed by atoms with E-state index in [1.165, 1.54) is 12.1 Å². The van der Waals surface area contributed by atoms with Gasteiger partial charge in [-0.05, 0) is 42.3 Å². The quantitative estimate of drug-likeness (QED) is 0.895. The lowest BCUT2D eigenvalue weighted by Gasteiger charge is -2.17. The Balaban J connectivity index is 2.26. The Bertz CT molecular complexity index is 528. The second-order valence-electron chi connectivity index (χ2n) is 4.50. The SMILES string of the molecule is COc1ccc(F)cc1CC(CN)c1ccccc1. The minimum atomic E-state index is -0.250. The number of hydrogen-bond acceptors (Lipinski definition) is 2. The van der Waals surface area contributed by atoms with Gasteiger partial charge in [0.2, 0.25) is 0 Å². The normalized spacial score (nSPS) is 12.2. The number of nitrogens with two attached hydrogens (primary N) is 1. The molecule has 0 heterocycles. The van der Waals surface area contributed by atoms with Crippen molar-refractivity contribution in [2.45, 2.75) is 12.3 Å². The molecule has 0 saturated carbocycles. The van der Waals surface area contributed by atoms with Crippen molar-refractivity contribution in [3.63, 3.8) is 0 Å². The Hall–Kier alpha value is -1.87. The molecule has 2 rings (SSSR count). The van der Waals surface area contributed by atoms with Crippen molar-refractivity contribution in [1.82, 2.24) is 0 Å². The molecule has 1 atom stereocenters. The highest BCUT2D eigenvalue weighted by molar-refractivity contribution is 5.36. The van der Waals surface area contributed by atoms with Crippen molar-refractivity contribution in [3.05, 3.63) is 65.5 Å². The summed E-state index contributed by atoms with van der Waals surface area (Å²) in [4.78, 5) is 0. The number of ether oxygens (including phenoxy) is 1. The Kier molecular flexibility index (Phi) is 4.53. The van der Waals surface area contributed by atoms with Gasteiger partial charge in [-0.2, -0.15) is 0 Å². The lowest BCUT2D eigenvalue weighted by Crippen LogP contribution is -2.15. The van der Waals surface area contributed by atoms with E-state index < -0.39 is 0 Å². The van der Waals surface area contributed by atoms with Crippen molar-refractivity contribution in [1.29, 1.82) is 0 Å². The van der Waals surface area contributed by atoms with Gasteiger partial charge in [-0.1, -0.05) is 30.3 Å². The second kappa shape index (κ2) is 6.34. The van der Waals surface area contributed by atoms with Gasteiger partial charge in [0.05, 0.1) is 7.11 Å². The molecule has 0 saturated heterocycles. The first-order valence-electron chi connectivity index (χ1n) is 6.32.